The molecule has 3 rings (SSSR count). The summed E-state index contributed by atoms with van der Waals surface area (Å²) in [7, 11) is 0. The van der Waals surface area contributed by atoms with Crippen molar-refractivity contribution in [3.63, 3.8) is 0 Å². The lowest BCUT2D eigenvalue weighted by Crippen LogP contribution is -2.36. The fourth-order valence-corrected chi connectivity index (χ4v) is 2.66. The van der Waals surface area contributed by atoms with Crippen molar-refractivity contribution in [2.24, 2.45) is 0 Å². The molecule has 1 heterocycles. The molecule has 1 aromatic carbocycles. The Morgan fingerprint density at radius 2 is 2.10 bits per heavy atom. The van der Waals surface area contributed by atoms with Crippen LogP contribution in [0.1, 0.15) is 36.5 Å². The molecule has 6 nitrogen and oxygen atoms in total. The van der Waals surface area contributed by atoms with Crippen LogP contribution in [-0.4, -0.2) is 27.8 Å². The van der Waals surface area contributed by atoms with Gasteiger partial charge in [0, 0.05) is 0 Å². The van der Waals surface area contributed by atoms with E-state index in [0.29, 0.717) is 11.7 Å². The van der Waals surface area contributed by atoms with Gasteiger partial charge in [-0.1, -0.05) is 41.9 Å². The average Bonchev–Trinajstić information content (AvgIpc) is 2.87. The summed E-state index contributed by atoms with van der Waals surface area (Å²) >= 11 is 0. The van der Waals surface area contributed by atoms with E-state index in [1.165, 1.54) is 5.56 Å². The SMILES string of the molecule is O=C(O)COCc1nc(C2(c3ccccc3)CCC2)no1. The molecule has 110 valence electrons. The average molecular weight is 288 g/mol. The Hall–Kier alpha value is -2.21. The summed E-state index contributed by atoms with van der Waals surface area (Å²) < 4.78 is 10.1. The van der Waals surface area contributed by atoms with Crippen LogP contribution >= 0.6 is 0 Å². The van der Waals surface area contributed by atoms with E-state index in [2.05, 4.69) is 22.3 Å². The van der Waals surface area contributed by atoms with Crippen LogP contribution < -0.4 is 0 Å². The second-order valence-electron chi connectivity index (χ2n) is 5.20. The van der Waals surface area contributed by atoms with E-state index < -0.39 is 5.97 Å². The number of carboxylic acid groups (broad SMARTS) is 1. The van der Waals surface area contributed by atoms with Gasteiger partial charge in [-0.15, -0.1) is 0 Å². The lowest BCUT2D eigenvalue weighted by atomic mass is 9.64. The molecule has 6 heteroatoms. The second kappa shape index (κ2) is 5.65. The van der Waals surface area contributed by atoms with E-state index >= 15 is 0 Å². The summed E-state index contributed by atoms with van der Waals surface area (Å²) in [6, 6.07) is 10.2. The van der Waals surface area contributed by atoms with Crippen LogP contribution in [0.4, 0.5) is 0 Å². The monoisotopic (exact) mass is 288 g/mol. The maximum absolute atomic E-state index is 10.4. The highest BCUT2D eigenvalue weighted by Crippen LogP contribution is 2.47. The number of carboxylic acids is 1. The summed E-state index contributed by atoms with van der Waals surface area (Å²) in [5.41, 5.74) is 1.02. The zero-order valence-electron chi connectivity index (χ0n) is 11.5. The minimum atomic E-state index is -1.02. The zero-order valence-corrected chi connectivity index (χ0v) is 11.5. The van der Waals surface area contributed by atoms with Gasteiger partial charge in [-0.3, -0.25) is 0 Å². The van der Waals surface area contributed by atoms with Crippen molar-refractivity contribution in [3.05, 3.63) is 47.6 Å². The summed E-state index contributed by atoms with van der Waals surface area (Å²) in [5, 5.41) is 12.6. The Bertz CT molecular complexity index is 620. The lowest BCUT2D eigenvalue weighted by Gasteiger charge is -2.39. The summed E-state index contributed by atoms with van der Waals surface area (Å²) in [6.45, 7) is -0.355. The molecule has 0 saturated heterocycles. The highest BCUT2D eigenvalue weighted by atomic mass is 16.5. The molecule has 0 bridgehead atoms. The van der Waals surface area contributed by atoms with Crippen molar-refractivity contribution in [1.82, 2.24) is 10.1 Å². The number of aromatic nitrogens is 2. The third kappa shape index (κ3) is 2.67. The first-order valence-corrected chi connectivity index (χ1v) is 6.89. The van der Waals surface area contributed by atoms with Gasteiger partial charge in [-0.05, 0) is 18.4 Å². The van der Waals surface area contributed by atoms with Crippen molar-refractivity contribution in [3.8, 4) is 0 Å². The minimum absolute atomic E-state index is 0.0180. The zero-order chi connectivity index (χ0) is 14.7. The Kier molecular flexibility index (Phi) is 3.70. The molecule has 1 aromatic heterocycles. The van der Waals surface area contributed by atoms with Crippen LogP contribution in [-0.2, 0) is 21.6 Å². The predicted molar refractivity (Wildman–Crippen MR) is 72.7 cm³/mol. The number of hydrogen-bond acceptors (Lipinski definition) is 5. The number of hydrogen-bond donors (Lipinski definition) is 1. The van der Waals surface area contributed by atoms with Crippen LogP contribution in [0, 0.1) is 0 Å². The molecule has 21 heavy (non-hydrogen) atoms. The van der Waals surface area contributed by atoms with Gasteiger partial charge in [0.25, 0.3) is 5.89 Å². The van der Waals surface area contributed by atoms with Crippen molar-refractivity contribution in [2.75, 3.05) is 6.61 Å². The van der Waals surface area contributed by atoms with E-state index in [1.54, 1.807) is 0 Å². The molecule has 1 saturated carbocycles. The fourth-order valence-electron chi connectivity index (χ4n) is 2.66. The maximum atomic E-state index is 10.4. The van der Waals surface area contributed by atoms with Gasteiger partial charge in [0.1, 0.15) is 13.2 Å². The summed E-state index contributed by atoms with van der Waals surface area (Å²) in [4.78, 5) is 14.8. The summed E-state index contributed by atoms with van der Waals surface area (Å²) in [5.74, 6) is -0.0446. The first-order valence-electron chi connectivity index (χ1n) is 6.89. The molecule has 2 aromatic rings. The third-order valence-corrected chi connectivity index (χ3v) is 3.88. The first-order chi connectivity index (χ1) is 10.2. The smallest absolute Gasteiger partial charge is 0.329 e. The quantitative estimate of drug-likeness (QED) is 0.876. The van der Waals surface area contributed by atoms with Crippen LogP contribution in [0.15, 0.2) is 34.9 Å². The van der Waals surface area contributed by atoms with Crippen molar-refractivity contribution < 1.29 is 19.2 Å². The molecule has 1 aliphatic carbocycles. The summed E-state index contributed by atoms with van der Waals surface area (Å²) in [6.07, 6.45) is 3.12. The van der Waals surface area contributed by atoms with Gasteiger partial charge < -0.3 is 14.4 Å². The number of benzene rings is 1. The number of nitrogens with zero attached hydrogens (tertiary/aromatic N) is 2. The Morgan fingerprint density at radius 1 is 1.33 bits per heavy atom. The lowest BCUT2D eigenvalue weighted by molar-refractivity contribution is -0.142. The van der Waals surface area contributed by atoms with E-state index in [0.717, 1.165) is 19.3 Å². The largest absolute Gasteiger partial charge is 0.480 e. The van der Waals surface area contributed by atoms with Crippen LogP contribution in [0.25, 0.3) is 0 Å². The topological polar surface area (TPSA) is 85.5 Å². The van der Waals surface area contributed by atoms with Crippen molar-refractivity contribution in [2.45, 2.75) is 31.3 Å². The van der Waals surface area contributed by atoms with Crippen LogP contribution in [0.5, 0.6) is 0 Å². The van der Waals surface area contributed by atoms with Gasteiger partial charge in [-0.25, -0.2) is 4.79 Å². The number of carbonyl (C=O) groups is 1. The number of aliphatic carboxylic acids is 1. The van der Waals surface area contributed by atoms with Crippen LogP contribution in [0.3, 0.4) is 0 Å². The second-order valence-corrected chi connectivity index (χ2v) is 5.20. The molecule has 1 aliphatic rings. The molecule has 1 N–H and O–H groups in total. The first kappa shape index (κ1) is 13.8. The molecule has 1 fully saturated rings. The van der Waals surface area contributed by atoms with Gasteiger partial charge in [0.15, 0.2) is 5.82 Å². The Balaban J connectivity index is 1.77. The molecule has 0 atom stereocenters. The van der Waals surface area contributed by atoms with Gasteiger partial charge in [0.05, 0.1) is 5.41 Å². The minimum Gasteiger partial charge on any atom is -0.480 e. The number of ether oxygens (including phenoxy) is 1. The molecular formula is C15H16N2O4. The van der Waals surface area contributed by atoms with Crippen molar-refractivity contribution >= 4 is 5.97 Å². The van der Waals surface area contributed by atoms with Gasteiger partial charge >= 0.3 is 5.97 Å². The maximum Gasteiger partial charge on any atom is 0.329 e. The molecule has 0 unspecified atom stereocenters. The Labute approximate surface area is 121 Å². The molecule has 0 amide bonds. The van der Waals surface area contributed by atoms with E-state index in [-0.39, 0.29) is 18.6 Å². The predicted octanol–water partition coefficient (Wildman–Crippen LogP) is 2.14. The highest BCUT2D eigenvalue weighted by molar-refractivity contribution is 5.67. The van der Waals surface area contributed by atoms with E-state index in [9.17, 15) is 4.79 Å². The molecule has 0 radical (unpaired) electrons. The molecular weight excluding hydrogens is 272 g/mol. The highest BCUT2D eigenvalue weighted by Gasteiger charge is 2.44. The van der Waals surface area contributed by atoms with Crippen molar-refractivity contribution in [1.29, 1.82) is 0 Å². The normalized spacial score (nSPS) is 16.4. The van der Waals surface area contributed by atoms with Gasteiger partial charge in [0.2, 0.25) is 0 Å². The van der Waals surface area contributed by atoms with E-state index in [1.807, 2.05) is 18.2 Å². The standard InChI is InChI=1S/C15H16N2O4/c18-13(19)10-20-9-12-16-14(17-21-12)15(7-4-8-15)11-5-2-1-3-6-11/h1-3,5-6H,4,7-10H2,(H,18,19). The molecule has 0 aliphatic heterocycles. The third-order valence-electron chi connectivity index (χ3n) is 3.88. The van der Waals surface area contributed by atoms with E-state index in [4.69, 9.17) is 14.4 Å². The Morgan fingerprint density at radius 3 is 2.71 bits per heavy atom. The van der Waals surface area contributed by atoms with Gasteiger partial charge in [-0.2, -0.15) is 4.98 Å². The molecule has 0 spiro atoms. The van der Waals surface area contributed by atoms with Crippen LogP contribution in [0.2, 0.25) is 0 Å². The fraction of sp³-hybridized carbons (Fsp3) is 0.400. The number of rotatable bonds is 6.